The highest BCUT2D eigenvalue weighted by Gasteiger charge is 2.25. The minimum Gasteiger partial charge on any atom is -0.349 e. The predicted molar refractivity (Wildman–Crippen MR) is 88.5 cm³/mol. The summed E-state index contributed by atoms with van der Waals surface area (Å²) in [6.07, 6.45) is 2.49. The molecule has 0 unspecified atom stereocenters. The fourth-order valence-corrected chi connectivity index (χ4v) is 3.27. The van der Waals surface area contributed by atoms with Crippen LogP contribution >= 0.6 is 12.4 Å². The summed E-state index contributed by atoms with van der Waals surface area (Å²) in [4.78, 5) is 12.1. The van der Waals surface area contributed by atoms with E-state index in [1.165, 1.54) is 10.6 Å². The summed E-state index contributed by atoms with van der Waals surface area (Å²) in [5.41, 5.74) is 7.09. The van der Waals surface area contributed by atoms with Crippen molar-refractivity contribution in [1.82, 2.24) is 9.62 Å². The lowest BCUT2D eigenvalue weighted by Crippen LogP contribution is -2.46. The number of halogens is 1. The first-order chi connectivity index (χ1) is 9.90. The minimum absolute atomic E-state index is 0. The number of amides is 1. The maximum absolute atomic E-state index is 12.1. The van der Waals surface area contributed by atoms with Crippen molar-refractivity contribution in [2.24, 2.45) is 5.73 Å². The molecule has 1 aliphatic heterocycles. The number of carbonyl (C=O) groups excluding carboxylic acids is 1. The highest BCUT2D eigenvalue weighted by molar-refractivity contribution is 7.88. The summed E-state index contributed by atoms with van der Waals surface area (Å²) >= 11 is 0. The Morgan fingerprint density at radius 1 is 1.27 bits per heavy atom. The van der Waals surface area contributed by atoms with Gasteiger partial charge in [-0.05, 0) is 30.5 Å². The molecule has 6 nitrogen and oxygen atoms in total. The van der Waals surface area contributed by atoms with Crippen molar-refractivity contribution >= 4 is 28.3 Å². The Morgan fingerprint density at radius 3 is 2.27 bits per heavy atom. The maximum atomic E-state index is 12.1. The third-order valence-corrected chi connectivity index (χ3v) is 5.01. The van der Waals surface area contributed by atoms with E-state index < -0.39 is 10.0 Å². The molecule has 0 saturated carbocycles. The van der Waals surface area contributed by atoms with Gasteiger partial charge in [0.05, 0.1) is 6.26 Å². The smallest absolute Gasteiger partial charge is 0.251 e. The summed E-state index contributed by atoms with van der Waals surface area (Å²) in [5.74, 6) is -0.128. The van der Waals surface area contributed by atoms with Crippen molar-refractivity contribution < 1.29 is 13.2 Å². The molecule has 8 heteroatoms. The fourth-order valence-electron chi connectivity index (χ4n) is 2.39. The number of rotatable bonds is 4. The van der Waals surface area contributed by atoms with Gasteiger partial charge in [-0.2, -0.15) is 0 Å². The molecule has 1 aromatic rings. The third kappa shape index (κ3) is 4.95. The first kappa shape index (κ1) is 18.9. The lowest BCUT2D eigenvalue weighted by atomic mass is 10.1. The zero-order valence-corrected chi connectivity index (χ0v) is 14.1. The Bertz CT molecular complexity index is 596. The molecule has 0 aromatic heterocycles. The van der Waals surface area contributed by atoms with Crippen LogP contribution in [0.15, 0.2) is 24.3 Å². The summed E-state index contributed by atoms with van der Waals surface area (Å²) < 4.78 is 24.3. The second kappa shape index (κ2) is 7.92. The van der Waals surface area contributed by atoms with E-state index in [4.69, 9.17) is 5.73 Å². The third-order valence-electron chi connectivity index (χ3n) is 3.71. The number of nitrogens with one attached hydrogen (secondary N) is 1. The molecule has 0 aliphatic carbocycles. The van der Waals surface area contributed by atoms with Gasteiger partial charge in [-0.1, -0.05) is 12.1 Å². The Morgan fingerprint density at radius 2 is 1.82 bits per heavy atom. The summed E-state index contributed by atoms with van der Waals surface area (Å²) in [6, 6.07) is 7.19. The first-order valence-corrected chi connectivity index (χ1v) is 8.80. The number of hydrogen-bond donors (Lipinski definition) is 2. The van der Waals surface area contributed by atoms with Crippen LogP contribution in [0.5, 0.6) is 0 Å². The number of nitrogens with two attached hydrogens (primary N) is 1. The van der Waals surface area contributed by atoms with Gasteiger partial charge < -0.3 is 11.1 Å². The second-order valence-electron chi connectivity index (χ2n) is 5.31. The SMILES string of the molecule is CS(=O)(=O)N1CCC(NC(=O)c2ccc(CN)cc2)CC1.Cl. The van der Waals surface area contributed by atoms with Crippen molar-refractivity contribution in [3.8, 4) is 0 Å². The number of sulfonamides is 1. The summed E-state index contributed by atoms with van der Waals surface area (Å²) in [6.45, 7) is 1.36. The molecular formula is C14H22ClN3O3S. The zero-order chi connectivity index (χ0) is 15.5. The maximum Gasteiger partial charge on any atom is 0.251 e. The van der Waals surface area contributed by atoms with E-state index >= 15 is 0 Å². The van der Waals surface area contributed by atoms with Crippen LogP contribution in [0.3, 0.4) is 0 Å². The summed E-state index contributed by atoms with van der Waals surface area (Å²) in [7, 11) is -3.13. The van der Waals surface area contributed by atoms with Crippen molar-refractivity contribution in [3.05, 3.63) is 35.4 Å². The topological polar surface area (TPSA) is 92.5 Å². The quantitative estimate of drug-likeness (QED) is 0.839. The number of benzene rings is 1. The molecule has 0 atom stereocenters. The van der Waals surface area contributed by atoms with Crippen molar-refractivity contribution in [2.45, 2.75) is 25.4 Å². The molecule has 1 saturated heterocycles. The van der Waals surface area contributed by atoms with Crippen LogP contribution in [0, 0.1) is 0 Å². The molecule has 124 valence electrons. The molecule has 0 spiro atoms. The number of carbonyl (C=O) groups is 1. The lowest BCUT2D eigenvalue weighted by Gasteiger charge is -2.30. The fraction of sp³-hybridized carbons (Fsp3) is 0.500. The standard InChI is InChI=1S/C14H21N3O3S.ClH/c1-21(19,20)17-8-6-13(7-9-17)16-14(18)12-4-2-11(10-15)3-5-12;/h2-5,13H,6-10,15H2,1H3,(H,16,18);1H. The highest BCUT2D eigenvalue weighted by Crippen LogP contribution is 2.14. The molecule has 2 rings (SSSR count). The Kier molecular flexibility index (Phi) is 6.80. The highest BCUT2D eigenvalue weighted by atomic mass is 35.5. The van der Waals surface area contributed by atoms with Crippen molar-refractivity contribution in [1.29, 1.82) is 0 Å². The van der Waals surface area contributed by atoms with Gasteiger partial charge in [0.25, 0.3) is 5.91 Å². The largest absolute Gasteiger partial charge is 0.349 e. The zero-order valence-electron chi connectivity index (χ0n) is 12.5. The summed E-state index contributed by atoms with van der Waals surface area (Å²) in [5, 5.41) is 2.95. The lowest BCUT2D eigenvalue weighted by molar-refractivity contribution is 0.0924. The molecule has 1 aliphatic rings. The van der Waals surface area contributed by atoms with E-state index in [1.807, 2.05) is 12.1 Å². The van der Waals surface area contributed by atoms with Gasteiger partial charge in [0.2, 0.25) is 10.0 Å². The van der Waals surface area contributed by atoms with E-state index in [9.17, 15) is 13.2 Å². The van der Waals surface area contributed by atoms with Crippen LogP contribution in [-0.4, -0.2) is 44.0 Å². The van der Waals surface area contributed by atoms with E-state index in [0.29, 0.717) is 38.0 Å². The molecule has 3 N–H and O–H groups in total. The molecule has 1 fully saturated rings. The van der Waals surface area contributed by atoms with Gasteiger partial charge in [0.15, 0.2) is 0 Å². The van der Waals surface area contributed by atoms with Gasteiger partial charge >= 0.3 is 0 Å². The second-order valence-corrected chi connectivity index (χ2v) is 7.29. The predicted octanol–water partition coefficient (Wildman–Crippen LogP) is 0.721. The Hall–Kier alpha value is -1.15. The molecule has 0 radical (unpaired) electrons. The Balaban J connectivity index is 0.00000242. The van der Waals surface area contributed by atoms with Gasteiger partial charge in [-0.15, -0.1) is 12.4 Å². The van der Waals surface area contributed by atoms with Crippen LogP contribution in [-0.2, 0) is 16.6 Å². The number of piperidine rings is 1. The Labute approximate surface area is 137 Å². The van der Waals surface area contributed by atoms with Crippen LogP contribution in [0.2, 0.25) is 0 Å². The van der Waals surface area contributed by atoms with Crippen LogP contribution < -0.4 is 11.1 Å². The van der Waals surface area contributed by atoms with Gasteiger partial charge in [0.1, 0.15) is 0 Å². The van der Waals surface area contributed by atoms with E-state index in [1.54, 1.807) is 12.1 Å². The molecule has 1 amide bonds. The minimum atomic E-state index is -3.13. The van der Waals surface area contributed by atoms with Crippen LogP contribution in [0.25, 0.3) is 0 Å². The first-order valence-electron chi connectivity index (χ1n) is 6.95. The van der Waals surface area contributed by atoms with Gasteiger partial charge in [-0.25, -0.2) is 12.7 Å². The average Bonchev–Trinajstić information content (AvgIpc) is 2.47. The van der Waals surface area contributed by atoms with Gasteiger partial charge in [0, 0.05) is 31.2 Å². The van der Waals surface area contributed by atoms with Gasteiger partial charge in [-0.3, -0.25) is 4.79 Å². The van der Waals surface area contributed by atoms with E-state index in [-0.39, 0.29) is 24.4 Å². The molecule has 1 aromatic carbocycles. The molecule has 22 heavy (non-hydrogen) atoms. The van der Waals surface area contributed by atoms with Crippen molar-refractivity contribution in [3.63, 3.8) is 0 Å². The van der Waals surface area contributed by atoms with E-state index in [2.05, 4.69) is 5.32 Å². The molecule has 0 bridgehead atoms. The number of hydrogen-bond acceptors (Lipinski definition) is 4. The molecular weight excluding hydrogens is 326 g/mol. The van der Waals surface area contributed by atoms with Crippen LogP contribution in [0.1, 0.15) is 28.8 Å². The normalized spacial score (nSPS) is 16.8. The van der Waals surface area contributed by atoms with Crippen LogP contribution in [0.4, 0.5) is 0 Å². The van der Waals surface area contributed by atoms with Crippen molar-refractivity contribution in [2.75, 3.05) is 19.3 Å². The van der Waals surface area contributed by atoms with E-state index in [0.717, 1.165) is 5.56 Å². The average molecular weight is 348 g/mol. The molecule has 1 heterocycles. The number of nitrogens with zero attached hydrogens (tertiary/aromatic N) is 1. The monoisotopic (exact) mass is 347 g/mol.